The predicted octanol–water partition coefficient (Wildman–Crippen LogP) is 2.18. The topological polar surface area (TPSA) is 84.2 Å². The summed E-state index contributed by atoms with van der Waals surface area (Å²) in [6.07, 6.45) is 2.09. The summed E-state index contributed by atoms with van der Waals surface area (Å²) in [5.74, 6) is 0.171. The third-order valence-corrected chi connectivity index (χ3v) is 3.07. The molecule has 0 amide bonds. The van der Waals surface area contributed by atoms with Crippen molar-refractivity contribution in [1.82, 2.24) is 14.9 Å². The summed E-state index contributed by atoms with van der Waals surface area (Å²) in [6, 6.07) is 0. The third kappa shape index (κ3) is 4.60. The summed E-state index contributed by atoms with van der Waals surface area (Å²) < 4.78 is 0. The standard InChI is InChI=1S/C11H18ClN5O2/c1-3-16(4-2)7-5-6-13-11-9(17(18)19)10(12)14-8-15-11/h8H,3-7H2,1-2H3,(H,13,14,15). The average molecular weight is 288 g/mol. The van der Waals surface area contributed by atoms with Crippen LogP contribution in [0.5, 0.6) is 0 Å². The zero-order valence-electron chi connectivity index (χ0n) is 11.1. The van der Waals surface area contributed by atoms with E-state index in [0.717, 1.165) is 26.1 Å². The Kier molecular flexibility index (Phi) is 6.44. The molecule has 106 valence electrons. The highest BCUT2D eigenvalue weighted by Gasteiger charge is 2.20. The van der Waals surface area contributed by atoms with Gasteiger partial charge in [0.15, 0.2) is 0 Å². The molecule has 0 bridgehead atoms. The number of anilines is 1. The zero-order valence-corrected chi connectivity index (χ0v) is 11.9. The van der Waals surface area contributed by atoms with Crippen molar-refractivity contribution in [3.05, 3.63) is 21.6 Å². The van der Waals surface area contributed by atoms with Gasteiger partial charge in [0.25, 0.3) is 0 Å². The van der Waals surface area contributed by atoms with Crippen LogP contribution in [0.15, 0.2) is 6.33 Å². The second-order valence-electron chi connectivity index (χ2n) is 3.93. The van der Waals surface area contributed by atoms with Crippen molar-refractivity contribution < 1.29 is 4.92 Å². The lowest BCUT2D eigenvalue weighted by Gasteiger charge is -2.17. The molecule has 19 heavy (non-hydrogen) atoms. The summed E-state index contributed by atoms with van der Waals surface area (Å²) in [4.78, 5) is 20.0. The first-order chi connectivity index (χ1) is 9.10. The molecule has 0 aliphatic carbocycles. The van der Waals surface area contributed by atoms with Crippen molar-refractivity contribution in [2.75, 3.05) is 31.5 Å². The van der Waals surface area contributed by atoms with E-state index in [9.17, 15) is 10.1 Å². The van der Waals surface area contributed by atoms with Gasteiger partial charge in [0.1, 0.15) is 6.33 Å². The van der Waals surface area contributed by atoms with E-state index in [2.05, 4.69) is 34.0 Å². The molecular formula is C11H18ClN5O2. The quantitative estimate of drug-likeness (QED) is 0.341. The molecule has 0 saturated carbocycles. The van der Waals surface area contributed by atoms with E-state index in [-0.39, 0.29) is 16.7 Å². The molecule has 0 unspecified atom stereocenters. The van der Waals surface area contributed by atoms with E-state index in [1.807, 2.05) is 0 Å². The van der Waals surface area contributed by atoms with Gasteiger partial charge in [-0.1, -0.05) is 25.4 Å². The van der Waals surface area contributed by atoms with Crippen molar-refractivity contribution in [2.45, 2.75) is 20.3 Å². The highest BCUT2D eigenvalue weighted by Crippen LogP contribution is 2.27. The molecule has 8 heteroatoms. The first-order valence-electron chi connectivity index (χ1n) is 6.21. The van der Waals surface area contributed by atoms with Crippen LogP contribution in [-0.2, 0) is 0 Å². The molecule has 0 aliphatic heterocycles. The van der Waals surface area contributed by atoms with Gasteiger partial charge < -0.3 is 10.2 Å². The molecule has 0 aliphatic rings. The molecule has 0 spiro atoms. The molecule has 0 saturated heterocycles. The Morgan fingerprint density at radius 3 is 2.68 bits per heavy atom. The maximum absolute atomic E-state index is 10.9. The Labute approximate surface area is 117 Å². The largest absolute Gasteiger partial charge is 0.364 e. The lowest BCUT2D eigenvalue weighted by Crippen LogP contribution is -2.25. The highest BCUT2D eigenvalue weighted by molar-refractivity contribution is 6.31. The van der Waals surface area contributed by atoms with Crippen molar-refractivity contribution in [2.24, 2.45) is 0 Å². The normalized spacial score (nSPS) is 10.7. The number of aromatic nitrogens is 2. The maximum atomic E-state index is 10.9. The molecule has 0 aromatic carbocycles. The van der Waals surface area contributed by atoms with Gasteiger partial charge in [-0.3, -0.25) is 10.1 Å². The second-order valence-corrected chi connectivity index (χ2v) is 4.28. The van der Waals surface area contributed by atoms with Crippen LogP contribution in [0.3, 0.4) is 0 Å². The minimum Gasteiger partial charge on any atom is -0.364 e. The monoisotopic (exact) mass is 287 g/mol. The number of nitrogens with one attached hydrogen (secondary N) is 1. The summed E-state index contributed by atoms with van der Waals surface area (Å²) in [5.41, 5.74) is -0.271. The number of hydrogen-bond donors (Lipinski definition) is 1. The summed E-state index contributed by atoms with van der Waals surface area (Å²) in [5, 5.41) is 13.7. The van der Waals surface area contributed by atoms with Gasteiger partial charge in [0.2, 0.25) is 11.0 Å². The molecule has 1 aromatic rings. The van der Waals surface area contributed by atoms with Gasteiger partial charge in [-0.2, -0.15) is 0 Å². The van der Waals surface area contributed by atoms with Crippen LogP contribution >= 0.6 is 11.6 Å². The van der Waals surface area contributed by atoms with Crippen LogP contribution < -0.4 is 5.32 Å². The molecule has 0 fully saturated rings. The first kappa shape index (κ1) is 15.6. The maximum Gasteiger partial charge on any atom is 0.348 e. The van der Waals surface area contributed by atoms with E-state index in [0.29, 0.717) is 6.54 Å². The first-order valence-corrected chi connectivity index (χ1v) is 6.59. The minimum absolute atomic E-state index is 0.147. The van der Waals surface area contributed by atoms with Crippen LogP contribution in [0.1, 0.15) is 20.3 Å². The lowest BCUT2D eigenvalue weighted by atomic mass is 10.3. The summed E-state index contributed by atoms with van der Waals surface area (Å²) in [6.45, 7) is 7.74. The molecule has 1 heterocycles. The number of rotatable bonds is 8. The Bertz CT molecular complexity index is 426. The Morgan fingerprint density at radius 1 is 1.42 bits per heavy atom. The lowest BCUT2D eigenvalue weighted by molar-refractivity contribution is -0.384. The number of nitrogens with zero attached hydrogens (tertiary/aromatic N) is 4. The van der Waals surface area contributed by atoms with E-state index in [4.69, 9.17) is 11.6 Å². The smallest absolute Gasteiger partial charge is 0.348 e. The van der Waals surface area contributed by atoms with E-state index in [1.54, 1.807) is 0 Å². The van der Waals surface area contributed by atoms with Gasteiger partial charge in [-0.05, 0) is 26.1 Å². The second kappa shape index (κ2) is 7.85. The van der Waals surface area contributed by atoms with Gasteiger partial charge in [-0.25, -0.2) is 9.97 Å². The molecule has 7 nitrogen and oxygen atoms in total. The molecule has 1 rings (SSSR count). The third-order valence-electron chi connectivity index (χ3n) is 2.80. The molecular weight excluding hydrogens is 270 g/mol. The number of nitro groups is 1. The fourth-order valence-corrected chi connectivity index (χ4v) is 1.90. The van der Waals surface area contributed by atoms with Crippen LogP contribution in [0.4, 0.5) is 11.5 Å². The van der Waals surface area contributed by atoms with Crippen LogP contribution in [0.2, 0.25) is 5.15 Å². The predicted molar refractivity (Wildman–Crippen MR) is 74.6 cm³/mol. The van der Waals surface area contributed by atoms with Crippen molar-refractivity contribution >= 4 is 23.1 Å². The van der Waals surface area contributed by atoms with Crippen molar-refractivity contribution in [3.8, 4) is 0 Å². The Morgan fingerprint density at radius 2 is 2.11 bits per heavy atom. The molecule has 0 radical (unpaired) electrons. The van der Waals surface area contributed by atoms with Gasteiger partial charge in [0, 0.05) is 6.54 Å². The van der Waals surface area contributed by atoms with Gasteiger partial charge in [-0.15, -0.1) is 0 Å². The van der Waals surface area contributed by atoms with Gasteiger partial charge >= 0.3 is 5.69 Å². The molecule has 0 atom stereocenters. The SMILES string of the molecule is CCN(CC)CCCNc1ncnc(Cl)c1[N+](=O)[O-]. The van der Waals surface area contributed by atoms with Crippen molar-refractivity contribution in [3.63, 3.8) is 0 Å². The number of hydrogen-bond acceptors (Lipinski definition) is 6. The van der Waals surface area contributed by atoms with Crippen LogP contribution in [0.25, 0.3) is 0 Å². The van der Waals surface area contributed by atoms with Crippen LogP contribution in [0, 0.1) is 10.1 Å². The summed E-state index contributed by atoms with van der Waals surface area (Å²) in [7, 11) is 0. The van der Waals surface area contributed by atoms with Crippen molar-refractivity contribution in [1.29, 1.82) is 0 Å². The van der Waals surface area contributed by atoms with Gasteiger partial charge in [0.05, 0.1) is 4.92 Å². The van der Waals surface area contributed by atoms with E-state index < -0.39 is 4.92 Å². The highest BCUT2D eigenvalue weighted by atomic mass is 35.5. The van der Waals surface area contributed by atoms with E-state index in [1.165, 1.54) is 6.33 Å². The van der Waals surface area contributed by atoms with Crippen LogP contribution in [-0.4, -0.2) is 46.0 Å². The fourth-order valence-electron chi connectivity index (χ4n) is 1.70. The summed E-state index contributed by atoms with van der Waals surface area (Å²) >= 11 is 5.69. The zero-order chi connectivity index (χ0) is 14.3. The molecule has 1 N–H and O–H groups in total. The fraction of sp³-hybridized carbons (Fsp3) is 0.636. The number of halogens is 1. The molecule has 1 aromatic heterocycles. The Balaban J connectivity index is 2.54. The van der Waals surface area contributed by atoms with E-state index >= 15 is 0 Å². The minimum atomic E-state index is -0.574. The Hall–Kier alpha value is -1.47. The average Bonchev–Trinajstić information content (AvgIpc) is 2.38.